The summed E-state index contributed by atoms with van der Waals surface area (Å²) in [5.74, 6) is 0. The largest absolute Gasteiger partial charge is 0.253 e. The Morgan fingerprint density at radius 3 is 1.92 bits per heavy atom. The molecule has 0 N–H and O–H groups in total. The van der Waals surface area contributed by atoms with Crippen LogP contribution in [0.15, 0.2) is 96.0 Å². The first-order chi connectivity index (χ1) is 12.3. The molecule has 0 aliphatic rings. The summed E-state index contributed by atoms with van der Waals surface area (Å²) in [5.41, 5.74) is 6.07. The number of fused-ring (bicyclic) bond motifs is 1. The van der Waals surface area contributed by atoms with E-state index in [2.05, 4.69) is 35.3 Å². The topological polar surface area (TPSA) is 25.2 Å². The summed E-state index contributed by atoms with van der Waals surface area (Å²) in [4.78, 5) is 9.68. The van der Waals surface area contributed by atoms with Crippen LogP contribution in [0.1, 0.15) is 16.8 Å². The molecule has 0 amide bonds. The first-order valence-electron chi connectivity index (χ1n) is 8.37. The van der Waals surface area contributed by atoms with Gasteiger partial charge in [0.15, 0.2) is 0 Å². The molecule has 25 heavy (non-hydrogen) atoms. The minimum atomic E-state index is 0.950. The van der Waals surface area contributed by atoms with Crippen LogP contribution < -0.4 is 0 Å². The minimum Gasteiger partial charge on any atom is -0.253 e. The fourth-order valence-corrected chi connectivity index (χ4v) is 2.99. The van der Waals surface area contributed by atoms with Gasteiger partial charge in [0.1, 0.15) is 0 Å². The van der Waals surface area contributed by atoms with Gasteiger partial charge in [-0.2, -0.15) is 0 Å². The molecule has 0 unspecified atom stereocenters. The van der Waals surface area contributed by atoms with Crippen molar-refractivity contribution in [1.29, 1.82) is 0 Å². The molecular weight excluding hydrogens is 304 g/mol. The van der Waals surface area contributed by atoms with Crippen LogP contribution in [0.3, 0.4) is 0 Å². The van der Waals surface area contributed by atoms with Gasteiger partial charge < -0.3 is 0 Å². The third-order valence-electron chi connectivity index (χ3n) is 4.15. The van der Waals surface area contributed by atoms with Crippen molar-refractivity contribution in [2.45, 2.75) is 6.92 Å². The number of aromatic nitrogens is 1. The lowest BCUT2D eigenvalue weighted by atomic mass is 10.0. The number of hydrogen-bond acceptors (Lipinski definition) is 2. The second-order valence-corrected chi connectivity index (χ2v) is 5.99. The molecule has 0 saturated heterocycles. The Balaban J connectivity index is 1.97. The predicted octanol–water partition coefficient (Wildman–Crippen LogP) is 5.71. The third kappa shape index (κ3) is 3.20. The van der Waals surface area contributed by atoms with Crippen LogP contribution in [-0.2, 0) is 0 Å². The average molecular weight is 322 g/mol. The lowest BCUT2D eigenvalue weighted by Gasteiger charge is -2.10. The fraction of sp³-hybridized carbons (Fsp3) is 0.0435. The normalized spacial score (nSPS) is 10.6. The third-order valence-corrected chi connectivity index (χ3v) is 4.15. The molecule has 4 aromatic rings. The molecule has 0 fully saturated rings. The molecule has 0 saturated carbocycles. The van der Waals surface area contributed by atoms with Gasteiger partial charge in [0.2, 0.25) is 0 Å². The predicted molar refractivity (Wildman–Crippen MR) is 105 cm³/mol. The van der Waals surface area contributed by atoms with Gasteiger partial charge in [-0.15, -0.1) is 0 Å². The van der Waals surface area contributed by atoms with Gasteiger partial charge >= 0.3 is 0 Å². The molecular formula is C23H18N2. The van der Waals surface area contributed by atoms with Crippen molar-refractivity contribution in [1.82, 2.24) is 4.98 Å². The Morgan fingerprint density at radius 2 is 1.28 bits per heavy atom. The zero-order chi connectivity index (χ0) is 17.1. The van der Waals surface area contributed by atoms with Gasteiger partial charge in [0.05, 0.1) is 16.9 Å². The second-order valence-electron chi connectivity index (χ2n) is 5.99. The maximum Gasteiger partial charge on any atom is 0.0781 e. The first kappa shape index (κ1) is 15.3. The molecule has 2 heteroatoms. The molecule has 3 aromatic carbocycles. The van der Waals surface area contributed by atoms with E-state index in [9.17, 15) is 0 Å². The van der Waals surface area contributed by atoms with E-state index in [-0.39, 0.29) is 0 Å². The quantitative estimate of drug-likeness (QED) is 0.443. The highest BCUT2D eigenvalue weighted by Crippen LogP contribution is 2.27. The number of hydrogen-bond donors (Lipinski definition) is 0. The van der Waals surface area contributed by atoms with Crippen molar-refractivity contribution < 1.29 is 0 Å². The maximum absolute atomic E-state index is 5.06. The van der Waals surface area contributed by atoms with Crippen molar-refractivity contribution in [2.24, 2.45) is 4.99 Å². The summed E-state index contributed by atoms with van der Waals surface area (Å²) in [6.45, 7) is 2.01. The number of para-hydroxylation sites is 1. The zero-order valence-corrected chi connectivity index (χ0v) is 14.1. The van der Waals surface area contributed by atoms with E-state index in [1.54, 1.807) is 0 Å². The van der Waals surface area contributed by atoms with Crippen LogP contribution in [0.25, 0.3) is 10.9 Å². The first-order valence-corrected chi connectivity index (χ1v) is 8.37. The summed E-state index contributed by atoms with van der Waals surface area (Å²) in [6.07, 6.45) is 0. The van der Waals surface area contributed by atoms with E-state index < -0.39 is 0 Å². The number of benzene rings is 3. The number of rotatable bonds is 3. The molecule has 0 aliphatic carbocycles. The van der Waals surface area contributed by atoms with E-state index in [1.807, 2.05) is 67.6 Å². The van der Waals surface area contributed by atoms with Gasteiger partial charge in [-0.1, -0.05) is 78.9 Å². The Bertz CT molecular complexity index is 994. The van der Waals surface area contributed by atoms with Gasteiger partial charge in [-0.25, -0.2) is 4.99 Å². The molecule has 0 aliphatic heterocycles. The van der Waals surface area contributed by atoms with Crippen LogP contribution in [-0.4, -0.2) is 10.7 Å². The van der Waals surface area contributed by atoms with Gasteiger partial charge in [0, 0.05) is 22.2 Å². The maximum atomic E-state index is 5.06. The zero-order valence-electron chi connectivity index (χ0n) is 14.1. The van der Waals surface area contributed by atoms with Gasteiger partial charge in [-0.3, -0.25) is 4.98 Å². The fourth-order valence-electron chi connectivity index (χ4n) is 2.99. The van der Waals surface area contributed by atoms with Crippen LogP contribution in [0.4, 0.5) is 5.69 Å². The highest BCUT2D eigenvalue weighted by molar-refractivity contribution is 6.14. The Morgan fingerprint density at radius 1 is 0.720 bits per heavy atom. The van der Waals surface area contributed by atoms with Crippen LogP contribution in [0, 0.1) is 6.92 Å². The highest BCUT2D eigenvalue weighted by atomic mass is 14.8. The molecule has 2 nitrogen and oxygen atoms in total. The molecule has 0 spiro atoms. The molecule has 0 bridgehead atoms. The summed E-state index contributed by atoms with van der Waals surface area (Å²) in [5, 5.41) is 1.07. The van der Waals surface area contributed by atoms with E-state index in [1.165, 1.54) is 0 Å². The van der Waals surface area contributed by atoms with E-state index in [0.29, 0.717) is 0 Å². The van der Waals surface area contributed by atoms with Crippen molar-refractivity contribution in [2.75, 3.05) is 0 Å². The number of aryl methyl sites for hydroxylation is 1. The van der Waals surface area contributed by atoms with E-state index >= 15 is 0 Å². The lowest BCUT2D eigenvalue weighted by Crippen LogP contribution is -2.02. The van der Waals surface area contributed by atoms with E-state index in [0.717, 1.165) is 39.1 Å². The summed E-state index contributed by atoms with van der Waals surface area (Å²) >= 11 is 0. The van der Waals surface area contributed by atoms with Crippen LogP contribution in [0.5, 0.6) is 0 Å². The van der Waals surface area contributed by atoms with Crippen LogP contribution in [0.2, 0.25) is 0 Å². The van der Waals surface area contributed by atoms with Crippen molar-refractivity contribution >= 4 is 22.3 Å². The lowest BCUT2D eigenvalue weighted by molar-refractivity contribution is 1.25. The van der Waals surface area contributed by atoms with Gasteiger partial charge in [0.25, 0.3) is 0 Å². The summed E-state index contributed by atoms with van der Waals surface area (Å²) < 4.78 is 0. The second kappa shape index (κ2) is 6.70. The number of aliphatic imine (C=N–C) groups is 1. The Labute approximate surface area is 147 Å². The molecule has 0 atom stereocenters. The Hall–Kier alpha value is -3.26. The van der Waals surface area contributed by atoms with Crippen molar-refractivity contribution in [3.05, 3.63) is 108 Å². The minimum absolute atomic E-state index is 0.950. The van der Waals surface area contributed by atoms with Crippen LogP contribution >= 0.6 is 0 Å². The smallest absolute Gasteiger partial charge is 0.0781 e. The van der Waals surface area contributed by atoms with E-state index in [4.69, 9.17) is 4.99 Å². The molecule has 1 heterocycles. The summed E-state index contributed by atoms with van der Waals surface area (Å²) in [6, 6.07) is 30.8. The monoisotopic (exact) mass is 322 g/mol. The molecule has 4 rings (SSSR count). The molecule has 0 radical (unpaired) electrons. The molecule has 1 aromatic heterocycles. The van der Waals surface area contributed by atoms with Crippen molar-refractivity contribution in [3.63, 3.8) is 0 Å². The average Bonchev–Trinajstić information content (AvgIpc) is 2.67. The van der Waals surface area contributed by atoms with Gasteiger partial charge in [-0.05, 0) is 19.1 Å². The summed E-state index contributed by atoms with van der Waals surface area (Å²) in [7, 11) is 0. The highest BCUT2D eigenvalue weighted by Gasteiger charge is 2.09. The number of pyridine rings is 1. The Kier molecular flexibility index (Phi) is 4.09. The number of nitrogens with zero attached hydrogens (tertiary/aromatic N) is 2. The molecule has 120 valence electrons. The standard InChI is InChI=1S/C23H18N2/c1-17-16-22(20-14-8-9-15-21(20)24-17)25-23(18-10-4-2-5-11-18)19-12-6-3-7-13-19/h2-16H,1H3. The van der Waals surface area contributed by atoms with Crippen molar-refractivity contribution in [3.8, 4) is 0 Å². The SMILES string of the molecule is Cc1cc(N=C(c2ccccc2)c2ccccc2)c2ccccc2n1.